The Morgan fingerprint density at radius 3 is 2.27 bits per heavy atom. The van der Waals surface area contributed by atoms with Gasteiger partial charge < -0.3 is 4.90 Å². The molecule has 3 unspecified atom stereocenters. The molecule has 0 aliphatic carbocycles. The Bertz CT molecular complexity index is 1300. The fourth-order valence-electron chi connectivity index (χ4n) is 5.40. The minimum Gasteiger partial charge on any atom is -0.357 e. The van der Waals surface area contributed by atoms with Gasteiger partial charge in [-0.25, -0.2) is 0 Å². The first-order valence-electron chi connectivity index (χ1n) is 11.2. The van der Waals surface area contributed by atoms with Gasteiger partial charge >= 0.3 is 0 Å². The van der Waals surface area contributed by atoms with Gasteiger partial charge in [0.1, 0.15) is 6.04 Å². The molecule has 0 spiro atoms. The number of fused-ring (bicyclic) bond motifs is 3. The van der Waals surface area contributed by atoms with Crippen LogP contribution in [0.2, 0.25) is 0 Å². The average Bonchev–Trinajstić information content (AvgIpc) is 3.20. The van der Waals surface area contributed by atoms with Gasteiger partial charge in [-0.1, -0.05) is 85.8 Å². The van der Waals surface area contributed by atoms with Crippen LogP contribution in [0.25, 0.3) is 6.08 Å². The molecule has 0 radical (unpaired) electrons. The lowest BCUT2D eigenvalue weighted by atomic mass is 9.67. The number of nitrogens with zero attached hydrogens (tertiary/aromatic N) is 3. The number of aryl methyl sites for hydroxylation is 1. The molecule has 3 aromatic rings. The molecule has 3 atom stereocenters. The summed E-state index contributed by atoms with van der Waals surface area (Å²) in [5, 5.41) is 21.0. The van der Waals surface area contributed by atoms with Gasteiger partial charge in [0.05, 0.1) is 18.2 Å². The molecule has 4 nitrogen and oxygen atoms in total. The monoisotopic (exact) mass is 429 g/mol. The van der Waals surface area contributed by atoms with Crippen LogP contribution in [-0.4, -0.2) is 16.7 Å². The minimum absolute atomic E-state index is 0.0760. The zero-order valence-corrected chi connectivity index (χ0v) is 18.3. The van der Waals surface area contributed by atoms with Crippen LogP contribution in [0, 0.1) is 28.1 Å². The molecule has 3 aromatic carbocycles. The summed E-state index contributed by atoms with van der Waals surface area (Å²) in [5.41, 5.74) is 3.03. The third-order valence-corrected chi connectivity index (χ3v) is 7.02. The van der Waals surface area contributed by atoms with Gasteiger partial charge in [-0.15, -0.1) is 0 Å². The highest BCUT2D eigenvalue weighted by Gasteiger charge is 2.63. The number of hydrogen-bond acceptors (Lipinski definition) is 4. The number of rotatable bonds is 4. The molecule has 33 heavy (non-hydrogen) atoms. The lowest BCUT2D eigenvalue weighted by molar-refractivity contribution is 0.0874. The predicted molar refractivity (Wildman–Crippen MR) is 127 cm³/mol. The Hall–Kier alpha value is -4.15. The highest BCUT2D eigenvalue weighted by atomic mass is 16.1. The van der Waals surface area contributed by atoms with Crippen molar-refractivity contribution in [2.24, 2.45) is 5.41 Å². The molecule has 1 saturated heterocycles. The van der Waals surface area contributed by atoms with Crippen molar-refractivity contribution in [2.75, 3.05) is 0 Å². The normalized spacial score (nSPS) is 22.0. The second-order valence-electron chi connectivity index (χ2n) is 8.63. The Labute approximate surface area is 194 Å². The summed E-state index contributed by atoms with van der Waals surface area (Å²) in [6, 6.07) is 28.6. The molecule has 0 bridgehead atoms. The molecule has 5 rings (SSSR count). The molecular formula is C29H23N3O. The first kappa shape index (κ1) is 20.7. The summed E-state index contributed by atoms with van der Waals surface area (Å²) in [7, 11) is 0. The number of carbonyl (C=O) groups is 1. The second-order valence-corrected chi connectivity index (χ2v) is 8.63. The number of hydrogen-bond donors (Lipinski definition) is 0. The Morgan fingerprint density at radius 1 is 0.939 bits per heavy atom. The van der Waals surface area contributed by atoms with E-state index in [1.807, 2.05) is 96.0 Å². The lowest BCUT2D eigenvalue weighted by Crippen LogP contribution is -2.37. The molecular weight excluding hydrogens is 406 g/mol. The molecule has 160 valence electrons. The summed E-state index contributed by atoms with van der Waals surface area (Å²) >= 11 is 0. The maximum Gasteiger partial charge on any atom is 0.185 e. The van der Waals surface area contributed by atoms with Crippen LogP contribution in [0.5, 0.6) is 0 Å². The predicted octanol–water partition coefficient (Wildman–Crippen LogP) is 5.66. The largest absolute Gasteiger partial charge is 0.357 e. The van der Waals surface area contributed by atoms with Crippen LogP contribution in [0.1, 0.15) is 51.5 Å². The van der Waals surface area contributed by atoms with E-state index in [-0.39, 0.29) is 5.78 Å². The quantitative estimate of drug-likeness (QED) is 0.502. The van der Waals surface area contributed by atoms with Crippen LogP contribution >= 0.6 is 0 Å². The SMILES string of the molecule is CCc1ccc(C(=O)C2C(c3ccccc3)C(C#N)(C#N)C3c4ccccc4C=CN23)cc1. The van der Waals surface area contributed by atoms with Gasteiger partial charge in [0.2, 0.25) is 0 Å². The molecule has 2 heterocycles. The van der Waals surface area contributed by atoms with E-state index in [0.717, 1.165) is 28.7 Å². The van der Waals surface area contributed by atoms with Gasteiger partial charge in [-0.3, -0.25) is 4.79 Å². The van der Waals surface area contributed by atoms with E-state index >= 15 is 0 Å². The molecule has 0 saturated carbocycles. The summed E-state index contributed by atoms with van der Waals surface area (Å²) in [4.78, 5) is 16.0. The van der Waals surface area contributed by atoms with Crippen molar-refractivity contribution in [2.45, 2.75) is 31.3 Å². The maximum absolute atomic E-state index is 14.0. The molecule has 0 aromatic heterocycles. The van der Waals surface area contributed by atoms with Crippen LogP contribution < -0.4 is 0 Å². The Balaban J connectivity index is 1.74. The van der Waals surface area contributed by atoms with Crippen molar-refractivity contribution < 1.29 is 4.79 Å². The van der Waals surface area contributed by atoms with Crippen molar-refractivity contribution in [3.8, 4) is 12.1 Å². The third kappa shape index (κ3) is 3.07. The van der Waals surface area contributed by atoms with E-state index < -0.39 is 23.4 Å². The standard InChI is InChI=1S/C29H23N3O/c1-2-20-12-14-23(15-13-20)27(33)26-25(22-9-4-3-5-10-22)29(18-30,19-31)28-24-11-7-6-8-21(24)16-17-32(26)28/h3-17,25-26,28H,2H2,1H3. The van der Waals surface area contributed by atoms with E-state index in [4.69, 9.17) is 0 Å². The van der Waals surface area contributed by atoms with Crippen molar-refractivity contribution >= 4 is 11.9 Å². The number of ketones is 1. The van der Waals surface area contributed by atoms with Gasteiger partial charge in [-0.2, -0.15) is 10.5 Å². The van der Waals surface area contributed by atoms with E-state index in [2.05, 4.69) is 19.1 Å². The van der Waals surface area contributed by atoms with Crippen LogP contribution in [-0.2, 0) is 6.42 Å². The van der Waals surface area contributed by atoms with Crippen molar-refractivity contribution in [1.29, 1.82) is 10.5 Å². The number of carbonyl (C=O) groups excluding carboxylic acids is 1. The maximum atomic E-state index is 14.0. The zero-order valence-electron chi connectivity index (χ0n) is 18.3. The smallest absolute Gasteiger partial charge is 0.185 e. The van der Waals surface area contributed by atoms with Gasteiger partial charge in [-0.05, 0) is 34.8 Å². The topological polar surface area (TPSA) is 67.9 Å². The first-order chi connectivity index (χ1) is 16.1. The van der Waals surface area contributed by atoms with Crippen LogP contribution in [0.15, 0.2) is 85.1 Å². The highest BCUT2D eigenvalue weighted by Crippen LogP contribution is 2.59. The molecule has 1 fully saturated rings. The minimum atomic E-state index is -1.42. The molecule has 2 aliphatic heterocycles. The third-order valence-electron chi connectivity index (χ3n) is 7.02. The Kier molecular flexibility index (Phi) is 5.08. The fourth-order valence-corrected chi connectivity index (χ4v) is 5.40. The highest BCUT2D eigenvalue weighted by molar-refractivity contribution is 6.01. The van der Waals surface area contributed by atoms with E-state index in [1.54, 1.807) is 0 Å². The van der Waals surface area contributed by atoms with Gasteiger partial charge in [0, 0.05) is 17.7 Å². The van der Waals surface area contributed by atoms with E-state index in [0.29, 0.717) is 5.56 Å². The average molecular weight is 430 g/mol. The summed E-state index contributed by atoms with van der Waals surface area (Å²) < 4.78 is 0. The summed E-state index contributed by atoms with van der Waals surface area (Å²) in [6.07, 6.45) is 4.76. The van der Waals surface area contributed by atoms with Crippen molar-refractivity contribution in [1.82, 2.24) is 4.90 Å². The van der Waals surface area contributed by atoms with Gasteiger partial charge in [0.25, 0.3) is 0 Å². The van der Waals surface area contributed by atoms with E-state index in [1.165, 1.54) is 0 Å². The summed E-state index contributed by atoms with van der Waals surface area (Å²) in [6.45, 7) is 2.08. The van der Waals surface area contributed by atoms with Crippen LogP contribution in [0.4, 0.5) is 0 Å². The summed E-state index contributed by atoms with van der Waals surface area (Å²) in [5.74, 6) is -0.680. The van der Waals surface area contributed by atoms with Crippen molar-refractivity contribution in [3.05, 3.63) is 113 Å². The Morgan fingerprint density at radius 2 is 1.61 bits per heavy atom. The first-order valence-corrected chi connectivity index (χ1v) is 11.2. The lowest BCUT2D eigenvalue weighted by Gasteiger charge is -2.34. The van der Waals surface area contributed by atoms with Crippen LogP contribution in [0.3, 0.4) is 0 Å². The zero-order chi connectivity index (χ0) is 23.0. The number of nitriles is 2. The second kappa shape index (κ2) is 8.08. The fraction of sp³-hybridized carbons (Fsp3) is 0.207. The van der Waals surface area contributed by atoms with Crippen molar-refractivity contribution in [3.63, 3.8) is 0 Å². The molecule has 4 heteroatoms. The molecule has 0 N–H and O–H groups in total. The van der Waals surface area contributed by atoms with Gasteiger partial charge in [0.15, 0.2) is 11.2 Å². The molecule has 0 amide bonds. The molecule has 2 aliphatic rings. The van der Waals surface area contributed by atoms with E-state index in [9.17, 15) is 15.3 Å². The number of Topliss-reactive ketones (excluding diaryl/α,β-unsaturated/α-hetero) is 1. The number of benzene rings is 3.